The SMILES string of the molecule is COc1cccc(C(COc2ccc(CC3SC(=O)CC3=O)cc2)OC(=O)CCCC(=O)O)c1. The van der Waals surface area contributed by atoms with Gasteiger partial charge in [-0.05, 0) is 48.2 Å². The van der Waals surface area contributed by atoms with E-state index in [4.69, 9.17) is 19.3 Å². The summed E-state index contributed by atoms with van der Waals surface area (Å²) in [7, 11) is 1.54. The Balaban J connectivity index is 1.62. The van der Waals surface area contributed by atoms with Crippen LogP contribution in [0.3, 0.4) is 0 Å². The first kappa shape index (κ1) is 25.3. The fraction of sp³-hybridized carbons (Fsp3) is 0.360. The molecule has 180 valence electrons. The molecule has 2 aromatic carbocycles. The van der Waals surface area contributed by atoms with Crippen molar-refractivity contribution in [2.75, 3.05) is 13.7 Å². The Morgan fingerprint density at radius 3 is 2.50 bits per heavy atom. The number of Topliss-reactive ketones (excluding diaryl/α,β-unsaturated/α-hetero) is 1. The van der Waals surface area contributed by atoms with Gasteiger partial charge in [-0.2, -0.15) is 0 Å². The van der Waals surface area contributed by atoms with Gasteiger partial charge in [0.1, 0.15) is 18.1 Å². The standard InChI is InChI=1S/C25H26O8S/c1-31-19-5-2-4-17(13-19)21(33-24(29)7-3-6-23(27)28)15-32-18-10-8-16(9-11-18)12-22-20(26)14-25(30)34-22/h2,4-5,8-11,13,21-22H,3,6-7,12,14-15H2,1H3,(H,27,28). The van der Waals surface area contributed by atoms with Crippen LogP contribution in [0.15, 0.2) is 48.5 Å². The van der Waals surface area contributed by atoms with Crippen LogP contribution in [0.25, 0.3) is 0 Å². The fourth-order valence-corrected chi connectivity index (χ4v) is 4.46. The summed E-state index contributed by atoms with van der Waals surface area (Å²) in [6, 6.07) is 14.3. The molecule has 1 saturated heterocycles. The van der Waals surface area contributed by atoms with E-state index >= 15 is 0 Å². The Bertz CT molecular complexity index is 1030. The van der Waals surface area contributed by atoms with Crippen molar-refractivity contribution in [3.63, 3.8) is 0 Å². The van der Waals surface area contributed by atoms with Crippen LogP contribution in [0.5, 0.6) is 11.5 Å². The summed E-state index contributed by atoms with van der Waals surface area (Å²) in [4.78, 5) is 46.3. The molecule has 1 aliphatic heterocycles. The van der Waals surface area contributed by atoms with E-state index in [1.807, 2.05) is 12.1 Å². The van der Waals surface area contributed by atoms with Crippen molar-refractivity contribution in [2.45, 2.75) is 43.5 Å². The first-order chi connectivity index (χ1) is 16.3. The molecule has 9 heteroatoms. The molecule has 1 aliphatic rings. The number of carbonyl (C=O) groups excluding carboxylic acids is 3. The lowest BCUT2D eigenvalue weighted by molar-refractivity contribution is -0.151. The van der Waals surface area contributed by atoms with Crippen molar-refractivity contribution in [1.29, 1.82) is 0 Å². The van der Waals surface area contributed by atoms with Crippen LogP contribution in [-0.4, -0.2) is 46.9 Å². The molecule has 1 N–H and O–H groups in total. The maximum absolute atomic E-state index is 12.3. The molecule has 3 rings (SSSR count). The largest absolute Gasteiger partial charge is 0.497 e. The Morgan fingerprint density at radius 2 is 1.85 bits per heavy atom. The van der Waals surface area contributed by atoms with Crippen LogP contribution >= 0.6 is 11.8 Å². The van der Waals surface area contributed by atoms with Crippen molar-refractivity contribution in [3.8, 4) is 11.5 Å². The topological polar surface area (TPSA) is 116 Å². The molecular weight excluding hydrogens is 460 g/mol. The number of ether oxygens (including phenoxy) is 3. The molecule has 0 amide bonds. The summed E-state index contributed by atoms with van der Waals surface area (Å²) in [5.41, 5.74) is 1.60. The molecule has 0 radical (unpaired) electrons. The van der Waals surface area contributed by atoms with Gasteiger partial charge in [-0.25, -0.2) is 0 Å². The predicted octanol–water partition coefficient (Wildman–Crippen LogP) is 3.76. The van der Waals surface area contributed by atoms with Gasteiger partial charge in [-0.15, -0.1) is 0 Å². The van der Waals surface area contributed by atoms with Gasteiger partial charge in [0.05, 0.1) is 18.8 Å². The highest BCUT2D eigenvalue weighted by molar-refractivity contribution is 8.15. The molecule has 2 unspecified atom stereocenters. The van der Waals surface area contributed by atoms with Crippen molar-refractivity contribution < 1.29 is 38.5 Å². The summed E-state index contributed by atoms with van der Waals surface area (Å²) in [6.45, 7) is 0.0443. The van der Waals surface area contributed by atoms with E-state index in [9.17, 15) is 19.2 Å². The number of hydrogen-bond donors (Lipinski definition) is 1. The second-order valence-electron chi connectivity index (χ2n) is 7.78. The van der Waals surface area contributed by atoms with Gasteiger partial charge < -0.3 is 19.3 Å². The minimum absolute atomic E-state index is 0.00276. The average Bonchev–Trinajstić information content (AvgIpc) is 3.13. The summed E-state index contributed by atoms with van der Waals surface area (Å²) < 4.78 is 16.7. The minimum atomic E-state index is -0.966. The number of thioether (sulfide) groups is 1. The fourth-order valence-electron chi connectivity index (χ4n) is 3.43. The molecular formula is C25H26O8S. The van der Waals surface area contributed by atoms with E-state index in [-0.39, 0.29) is 48.4 Å². The van der Waals surface area contributed by atoms with Gasteiger partial charge in [0.15, 0.2) is 17.0 Å². The Labute approximate surface area is 201 Å². The number of esters is 1. The van der Waals surface area contributed by atoms with Crippen molar-refractivity contribution in [2.24, 2.45) is 0 Å². The first-order valence-corrected chi connectivity index (χ1v) is 11.7. The highest BCUT2D eigenvalue weighted by Gasteiger charge is 2.31. The number of aliphatic carboxylic acids is 1. The van der Waals surface area contributed by atoms with E-state index in [2.05, 4.69) is 0 Å². The molecule has 34 heavy (non-hydrogen) atoms. The summed E-state index contributed by atoms with van der Waals surface area (Å²) in [5, 5.41) is 8.34. The van der Waals surface area contributed by atoms with E-state index in [1.54, 1.807) is 36.4 Å². The van der Waals surface area contributed by atoms with Gasteiger partial charge in [-0.1, -0.05) is 36.0 Å². The van der Waals surface area contributed by atoms with Crippen LogP contribution in [0.2, 0.25) is 0 Å². The molecule has 0 aromatic heterocycles. The van der Waals surface area contributed by atoms with Crippen molar-refractivity contribution in [3.05, 3.63) is 59.7 Å². The normalized spacial score (nSPS) is 16.2. The number of carbonyl (C=O) groups is 4. The Kier molecular flexibility index (Phi) is 9.09. The quantitative estimate of drug-likeness (QED) is 0.353. The van der Waals surface area contributed by atoms with Crippen molar-refractivity contribution in [1.82, 2.24) is 0 Å². The maximum atomic E-state index is 12.3. The molecule has 2 aromatic rings. The zero-order valence-electron chi connectivity index (χ0n) is 18.7. The number of benzene rings is 2. The number of carboxylic acid groups (broad SMARTS) is 1. The predicted molar refractivity (Wildman–Crippen MR) is 125 cm³/mol. The van der Waals surface area contributed by atoms with Crippen molar-refractivity contribution >= 4 is 34.6 Å². The molecule has 0 bridgehead atoms. The van der Waals surface area contributed by atoms with Crippen LogP contribution in [0.4, 0.5) is 0 Å². The highest BCUT2D eigenvalue weighted by Crippen LogP contribution is 2.29. The Morgan fingerprint density at radius 1 is 1.09 bits per heavy atom. The monoisotopic (exact) mass is 486 g/mol. The van der Waals surface area contributed by atoms with Gasteiger partial charge >= 0.3 is 11.9 Å². The zero-order valence-corrected chi connectivity index (χ0v) is 19.5. The smallest absolute Gasteiger partial charge is 0.306 e. The molecule has 0 saturated carbocycles. The molecule has 2 atom stereocenters. The lowest BCUT2D eigenvalue weighted by atomic mass is 10.1. The maximum Gasteiger partial charge on any atom is 0.306 e. The average molecular weight is 487 g/mol. The number of hydrogen-bond acceptors (Lipinski definition) is 8. The van der Waals surface area contributed by atoms with E-state index in [0.717, 1.165) is 17.3 Å². The van der Waals surface area contributed by atoms with Gasteiger partial charge in [-0.3, -0.25) is 19.2 Å². The lowest BCUT2D eigenvalue weighted by Crippen LogP contribution is -2.18. The second-order valence-corrected chi connectivity index (χ2v) is 9.04. The first-order valence-electron chi connectivity index (χ1n) is 10.8. The van der Waals surface area contributed by atoms with E-state index < -0.39 is 18.0 Å². The molecule has 8 nitrogen and oxygen atoms in total. The third kappa shape index (κ3) is 7.62. The number of methoxy groups -OCH3 is 1. The van der Waals surface area contributed by atoms with Crippen LogP contribution in [0.1, 0.15) is 42.9 Å². The van der Waals surface area contributed by atoms with Gasteiger partial charge in [0.2, 0.25) is 0 Å². The zero-order chi connectivity index (χ0) is 24.5. The molecule has 1 fully saturated rings. The van der Waals surface area contributed by atoms with E-state index in [1.165, 1.54) is 7.11 Å². The van der Waals surface area contributed by atoms with Gasteiger partial charge in [0.25, 0.3) is 0 Å². The summed E-state index contributed by atoms with van der Waals surface area (Å²) >= 11 is 1.09. The summed E-state index contributed by atoms with van der Waals surface area (Å²) in [5.74, 6) is -0.360. The van der Waals surface area contributed by atoms with E-state index in [0.29, 0.717) is 23.5 Å². The Hall–Kier alpha value is -3.33. The molecule has 0 aliphatic carbocycles. The third-order valence-corrected chi connectivity index (χ3v) is 6.33. The number of carboxylic acids is 1. The highest BCUT2D eigenvalue weighted by atomic mass is 32.2. The molecule has 0 spiro atoms. The third-order valence-electron chi connectivity index (χ3n) is 5.21. The number of ketones is 1. The second kappa shape index (κ2) is 12.2. The lowest BCUT2D eigenvalue weighted by Gasteiger charge is -2.20. The van der Waals surface area contributed by atoms with Crippen LogP contribution in [-0.2, 0) is 30.3 Å². The van der Waals surface area contributed by atoms with Crippen LogP contribution < -0.4 is 9.47 Å². The summed E-state index contributed by atoms with van der Waals surface area (Å²) in [6.07, 6.45) is -0.171. The minimum Gasteiger partial charge on any atom is -0.497 e. The molecule has 1 heterocycles. The number of rotatable bonds is 12. The van der Waals surface area contributed by atoms with Gasteiger partial charge in [0, 0.05) is 12.8 Å². The van der Waals surface area contributed by atoms with Crippen LogP contribution in [0, 0.1) is 0 Å².